The third-order valence-corrected chi connectivity index (χ3v) is 4.73. The average Bonchev–Trinajstić information content (AvgIpc) is 2.75. The van der Waals surface area contributed by atoms with Crippen molar-refractivity contribution < 1.29 is 8.42 Å². The number of rotatable bonds is 4. The Hall–Kier alpha value is -0.130. The Bertz CT molecular complexity index is 336. The lowest BCUT2D eigenvalue weighted by Crippen LogP contribution is -2.36. The van der Waals surface area contributed by atoms with E-state index in [2.05, 4.69) is 9.62 Å². The average molecular weight is 260 g/mol. The third kappa shape index (κ3) is 4.23. The second-order valence-corrected chi connectivity index (χ2v) is 7.40. The number of hydrogen-bond acceptors (Lipinski definition) is 3. The van der Waals surface area contributed by atoms with E-state index >= 15 is 0 Å². The van der Waals surface area contributed by atoms with Crippen LogP contribution in [0.4, 0.5) is 0 Å². The minimum atomic E-state index is -3.02. The summed E-state index contributed by atoms with van der Waals surface area (Å²) in [6, 6.07) is 0.770. The van der Waals surface area contributed by atoms with Gasteiger partial charge in [0.15, 0.2) is 0 Å². The van der Waals surface area contributed by atoms with Gasteiger partial charge >= 0.3 is 0 Å². The summed E-state index contributed by atoms with van der Waals surface area (Å²) in [5.74, 6) is 0.506. The van der Waals surface area contributed by atoms with Crippen LogP contribution in [0.2, 0.25) is 0 Å². The van der Waals surface area contributed by atoms with E-state index < -0.39 is 10.0 Å². The first-order valence-corrected chi connectivity index (χ1v) is 8.62. The molecule has 1 unspecified atom stereocenters. The Morgan fingerprint density at radius 3 is 2.53 bits per heavy atom. The molecule has 1 saturated carbocycles. The van der Waals surface area contributed by atoms with Crippen molar-refractivity contribution in [2.45, 2.75) is 44.6 Å². The molecule has 2 fully saturated rings. The van der Waals surface area contributed by atoms with E-state index in [9.17, 15) is 8.42 Å². The Morgan fingerprint density at radius 2 is 1.88 bits per heavy atom. The van der Waals surface area contributed by atoms with Crippen LogP contribution >= 0.6 is 0 Å². The highest BCUT2D eigenvalue weighted by atomic mass is 32.2. The molecule has 1 aliphatic heterocycles. The van der Waals surface area contributed by atoms with E-state index in [0.717, 1.165) is 25.6 Å². The van der Waals surface area contributed by atoms with Gasteiger partial charge in [0.1, 0.15) is 0 Å². The van der Waals surface area contributed by atoms with Gasteiger partial charge in [-0.3, -0.25) is 0 Å². The fourth-order valence-corrected chi connectivity index (χ4v) is 3.61. The molecule has 17 heavy (non-hydrogen) atoms. The minimum absolute atomic E-state index is 0.506. The molecule has 0 bridgehead atoms. The van der Waals surface area contributed by atoms with Crippen molar-refractivity contribution in [3.8, 4) is 0 Å². The standard InChI is InChI=1S/C12H24N2O2S/c1-17(15,16)13-9-11-7-8-14(10-11)12-5-3-2-4-6-12/h11-13H,2-10H2,1H3. The fraction of sp³-hybridized carbons (Fsp3) is 1.00. The maximum atomic E-state index is 11.0. The molecule has 4 nitrogen and oxygen atoms in total. The predicted molar refractivity (Wildman–Crippen MR) is 69.4 cm³/mol. The van der Waals surface area contributed by atoms with E-state index in [1.54, 1.807) is 0 Å². The van der Waals surface area contributed by atoms with Crippen LogP contribution in [0.5, 0.6) is 0 Å². The summed E-state index contributed by atoms with van der Waals surface area (Å²) >= 11 is 0. The summed E-state index contributed by atoms with van der Waals surface area (Å²) in [5, 5.41) is 0. The molecule has 1 aliphatic carbocycles. The summed E-state index contributed by atoms with van der Waals surface area (Å²) in [4.78, 5) is 2.58. The van der Waals surface area contributed by atoms with E-state index in [0.29, 0.717) is 12.5 Å². The molecule has 2 rings (SSSR count). The minimum Gasteiger partial charge on any atom is -0.300 e. The van der Waals surface area contributed by atoms with Crippen molar-refractivity contribution >= 4 is 10.0 Å². The van der Waals surface area contributed by atoms with E-state index in [1.165, 1.54) is 38.4 Å². The van der Waals surface area contributed by atoms with Gasteiger partial charge in [-0.05, 0) is 31.7 Å². The van der Waals surface area contributed by atoms with Crippen LogP contribution in [0.1, 0.15) is 38.5 Å². The predicted octanol–water partition coefficient (Wildman–Crippen LogP) is 1.19. The zero-order chi connectivity index (χ0) is 12.3. The zero-order valence-corrected chi connectivity index (χ0v) is 11.5. The number of nitrogens with zero attached hydrogens (tertiary/aromatic N) is 1. The van der Waals surface area contributed by atoms with Crippen molar-refractivity contribution in [1.82, 2.24) is 9.62 Å². The van der Waals surface area contributed by atoms with Gasteiger partial charge in [0, 0.05) is 19.1 Å². The Labute approximate surface area is 105 Å². The largest absolute Gasteiger partial charge is 0.300 e. The van der Waals surface area contributed by atoms with E-state index in [4.69, 9.17) is 0 Å². The molecule has 0 aromatic rings. The first-order valence-electron chi connectivity index (χ1n) is 6.73. The van der Waals surface area contributed by atoms with Gasteiger partial charge in [0.2, 0.25) is 10.0 Å². The summed E-state index contributed by atoms with van der Waals surface area (Å²) < 4.78 is 24.7. The number of nitrogens with one attached hydrogen (secondary N) is 1. The molecule has 0 aromatic heterocycles. The van der Waals surface area contributed by atoms with Crippen molar-refractivity contribution in [3.05, 3.63) is 0 Å². The lowest BCUT2D eigenvalue weighted by molar-refractivity contribution is 0.185. The maximum Gasteiger partial charge on any atom is 0.208 e. The third-order valence-electron chi connectivity index (χ3n) is 4.04. The Morgan fingerprint density at radius 1 is 1.18 bits per heavy atom. The van der Waals surface area contributed by atoms with Gasteiger partial charge in [-0.25, -0.2) is 13.1 Å². The first-order chi connectivity index (χ1) is 8.04. The van der Waals surface area contributed by atoms with Gasteiger partial charge in [0.05, 0.1) is 6.26 Å². The lowest BCUT2D eigenvalue weighted by atomic mass is 9.94. The summed E-state index contributed by atoms with van der Waals surface area (Å²) in [7, 11) is -3.02. The summed E-state index contributed by atoms with van der Waals surface area (Å²) in [6.45, 7) is 2.84. The monoisotopic (exact) mass is 260 g/mol. The van der Waals surface area contributed by atoms with E-state index in [-0.39, 0.29) is 0 Å². The van der Waals surface area contributed by atoms with Crippen LogP contribution in [-0.2, 0) is 10.0 Å². The van der Waals surface area contributed by atoms with Crippen LogP contribution in [-0.4, -0.2) is 45.2 Å². The number of sulfonamides is 1. The second-order valence-electron chi connectivity index (χ2n) is 5.56. The molecule has 1 atom stereocenters. The van der Waals surface area contributed by atoms with Crippen LogP contribution in [0, 0.1) is 5.92 Å². The SMILES string of the molecule is CS(=O)(=O)NCC1CCN(C2CCCCC2)C1. The lowest BCUT2D eigenvalue weighted by Gasteiger charge is -2.31. The molecule has 5 heteroatoms. The Kier molecular flexibility index (Phi) is 4.44. The van der Waals surface area contributed by atoms with Crippen LogP contribution in [0.25, 0.3) is 0 Å². The molecule has 1 saturated heterocycles. The normalized spacial score (nSPS) is 28.6. The van der Waals surface area contributed by atoms with Crippen molar-refractivity contribution in [3.63, 3.8) is 0 Å². The molecule has 100 valence electrons. The van der Waals surface area contributed by atoms with Crippen molar-refractivity contribution in [1.29, 1.82) is 0 Å². The molecule has 1 heterocycles. The second kappa shape index (κ2) is 5.67. The van der Waals surface area contributed by atoms with Gasteiger partial charge in [0.25, 0.3) is 0 Å². The van der Waals surface area contributed by atoms with Crippen molar-refractivity contribution in [2.24, 2.45) is 5.92 Å². The van der Waals surface area contributed by atoms with Gasteiger partial charge in [-0.15, -0.1) is 0 Å². The van der Waals surface area contributed by atoms with Gasteiger partial charge in [-0.1, -0.05) is 19.3 Å². The molecule has 0 radical (unpaired) electrons. The van der Waals surface area contributed by atoms with Crippen LogP contribution in [0.15, 0.2) is 0 Å². The number of likely N-dealkylation sites (tertiary alicyclic amines) is 1. The summed E-state index contributed by atoms with van der Waals surface area (Å²) in [5.41, 5.74) is 0. The molecule has 1 N–H and O–H groups in total. The Balaban J connectivity index is 1.75. The molecular formula is C12H24N2O2S. The van der Waals surface area contributed by atoms with Gasteiger partial charge < -0.3 is 4.90 Å². The highest BCUT2D eigenvalue weighted by Gasteiger charge is 2.29. The van der Waals surface area contributed by atoms with Crippen LogP contribution in [0.3, 0.4) is 0 Å². The molecule has 0 amide bonds. The molecule has 0 aromatic carbocycles. The van der Waals surface area contributed by atoms with Crippen molar-refractivity contribution in [2.75, 3.05) is 25.9 Å². The molecular weight excluding hydrogens is 236 g/mol. The number of hydrogen-bond donors (Lipinski definition) is 1. The topological polar surface area (TPSA) is 49.4 Å². The zero-order valence-electron chi connectivity index (χ0n) is 10.7. The first kappa shape index (κ1) is 13.3. The van der Waals surface area contributed by atoms with E-state index in [1.807, 2.05) is 0 Å². The quantitative estimate of drug-likeness (QED) is 0.826. The maximum absolute atomic E-state index is 11.0. The highest BCUT2D eigenvalue weighted by Crippen LogP contribution is 2.27. The fourth-order valence-electron chi connectivity index (χ4n) is 3.08. The smallest absolute Gasteiger partial charge is 0.208 e. The van der Waals surface area contributed by atoms with Crippen LogP contribution < -0.4 is 4.72 Å². The molecule has 2 aliphatic rings. The summed E-state index contributed by atoms with van der Waals surface area (Å²) in [6.07, 6.45) is 9.18. The van der Waals surface area contributed by atoms with Gasteiger partial charge in [-0.2, -0.15) is 0 Å². The highest BCUT2D eigenvalue weighted by molar-refractivity contribution is 7.88. The molecule has 0 spiro atoms.